The van der Waals surface area contributed by atoms with Crippen LogP contribution >= 0.6 is 0 Å². The van der Waals surface area contributed by atoms with E-state index >= 15 is 0 Å². The molecule has 0 aromatic carbocycles. The number of alkyl halides is 3. The molecule has 0 aliphatic carbocycles. The summed E-state index contributed by atoms with van der Waals surface area (Å²) in [6, 6.07) is 0. The predicted octanol–water partition coefficient (Wildman–Crippen LogP) is 0.653. The van der Waals surface area contributed by atoms with Crippen molar-refractivity contribution in [3.63, 3.8) is 0 Å². The van der Waals surface area contributed by atoms with E-state index in [1.807, 2.05) is 0 Å². The Labute approximate surface area is 48.3 Å². The highest BCUT2D eigenvalue weighted by Crippen LogP contribution is 2.15. The molecule has 0 unspecified atom stereocenters. The lowest BCUT2D eigenvalue weighted by atomic mass is 10.7. The molecule has 0 radical (unpaired) electrons. The molecule has 0 N–H and O–H groups in total. The lowest BCUT2D eigenvalue weighted by molar-refractivity contribution is -0.287. The van der Waals surface area contributed by atoms with Gasteiger partial charge in [-0.05, 0) is 0 Å². The molecule has 0 amide bonds. The van der Waals surface area contributed by atoms with Crippen LogP contribution in [0.25, 0.3) is 0 Å². The lowest BCUT2D eigenvalue weighted by Gasteiger charge is -2.01. The molecule has 0 atom stereocenters. The average Bonchev–Trinajstić information content (AvgIpc) is 1.64. The molecule has 0 bridgehead atoms. The van der Waals surface area contributed by atoms with Gasteiger partial charge in [0.2, 0.25) is 0 Å². The normalized spacial score (nSPS) is 11.1. The van der Waals surface area contributed by atoms with E-state index in [1.54, 1.807) is 0 Å². The third-order valence-corrected chi connectivity index (χ3v) is 0.390. The van der Waals surface area contributed by atoms with Crippen molar-refractivity contribution in [1.29, 1.82) is 0 Å². The first-order chi connectivity index (χ1) is 3.98. The van der Waals surface area contributed by atoms with Crippen LogP contribution in [0.5, 0.6) is 0 Å². The van der Waals surface area contributed by atoms with Crippen LogP contribution in [-0.2, 0) is 14.6 Å². The Morgan fingerprint density at radius 2 is 1.89 bits per heavy atom. The van der Waals surface area contributed by atoms with E-state index in [1.165, 1.54) is 0 Å². The summed E-state index contributed by atoms with van der Waals surface area (Å²) in [5, 5.41) is 0. The van der Waals surface area contributed by atoms with Crippen molar-refractivity contribution in [2.45, 2.75) is 6.18 Å². The molecule has 9 heavy (non-hydrogen) atoms. The molecule has 0 saturated heterocycles. The Kier molecular flexibility index (Phi) is 2.44. The molecule has 0 rings (SSSR count). The minimum atomic E-state index is -4.98. The molecule has 0 aliphatic rings. The average molecular weight is 144 g/mol. The number of carbonyl (C=O) groups excluding carboxylic acids is 1. The summed E-state index contributed by atoms with van der Waals surface area (Å²) < 4.78 is 33.2. The maximum absolute atomic E-state index is 11.1. The van der Waals surface area contributed by atoms with Crippen LogP contribution in [0.3, 0.4) is 0 Å². The highest BCUT2D eigenvalue weighted by molar-refractivity contribution is 5.74. The summed E-state index contributed by atoms with van der Waals surface area (Å²) >= 11 is 0. The SMILES string of the molecule is COOC(=O)C(F)(F)F. The lowest BCUT2D eigenvalue weighted by Crippen LogP contribution is -2.24. The molecule has 6 heteroatoms. The van der Waals surface area contributed by atoms with E-state index in [4.69, 9.17) is 0 Å². The van der Waals surface area contributed by atoms with Gasteiger partial charge in [0.05, 0.1) is 7.11 Å². The van der Waals surface area contributed by atoms with Crippen LogP contribution in [0.1, 0.15) is 0 Å². The van der Waals surface area contributed by atoms with Gasteiger partial charge in [-0.1, -0.05) is 0 Å². The van der Waals surface area contributed by atoms with Gasteiger partial charge in [0.1, 0.15) is 0 Å². The quantitative estimate of drug-likeness (QED) is 0.400. The molecule has 0 aromatic rings. The van der Waals surface area contributed by atoms with Crippen molar-refractivity contribution in [1.82, 2.24) is 0 Å². The van der Waals surface area contributed by atoms with E-state index in [2.05, 4.69) is 9.78 Å². The molecule has 0 saturated carbocycles. The maximum atomic E-state index is 11.1. The summed E-state index contributed by atoms with van der Waals surface area (Å²) in [5.41, 5.74) is 0. The number of halogens is 3. The monoisotopic (exact) mass is 144 g/mol. The smallest absolute Gasteiger partial charge is 0.288 e. The summed E-state index contributed by atoms with van der Waals surface area (Å²) in [6.45, 7) is 0. The van der Waals surface area contributed by atoms with Crippen LogP contribution < -0.4 is 0 Å². The van der Waals surface area contributed by atoms with E-state index < -0.39 is 12.1 Å². The van der Waals surface area contributed by atoms with Gasteiger partial charge in [-0.2, -0.15) is 18.1 Å². The first kappa shape index (κ1) is 8.22. The van der Waals surface area contributed by atoms with Crippen LogP contribution in [0.2, 0.25) is 0 Å². The molecular weight excluding hydrogens is 141 g/mol. The first-order valence-corrected chi connectivity index (χ1v) is 1.80. The zero-order valence-electron chi connectivity index (χ0n) is 4.36. The van der Waals surface area contributed by atoms with Gasteiger partial charge < -0.3 is 0 Å². The summed E-state index contributed by atoms with van der Waals surface area (Å²) in [4.78, 5) is 16.2. The third kappa shape index (κ3) is 2.91. The van der Waals surface area contributed by atoms with Gasteiger partial charge in [-0.15, -0.1) is 0 Å². The Bertz CT molecular complexity index is 107. The molecule has 0 heterocycles. The number of hydrogen-bond donors (Lipinski definition) is 0. The second-order valence-electron chi connectivity index (χ2n) is 1.04. The maximum Gasteiger partial charge on any atom is 0.494 e. The number of rotatable bonds is 1. The second-order valence-corrected chi connectivity index (χ2v) is 1.04. The standard InChI is InChI=1S/C3H3F3O3/c1-8-9-2(7)3(4,5)6/h1H3. The van der Waals surface area contributed by atoms with Crippen molar-refractivity contribution in [2.24, 2.45) is 0 Å². The first-order valence-electron chi connectivity index (χ1n) is 1.80. The van der Waals surface area contributed by atoms with Gasteiger partial charge in [0.15, 0.2) is 0 Å². The van der Waals surface area contributed by atoms with Crippen LogP contribution in [0.4, 0.5) is 13.2 Å². The second kappa shape index (κ2) is 2.67. The summed E-state index contributed by atoms with van der Waals surface area (Å²) in [5.74, 6) is -2.36. The van der Waals surface area contributed by atoms with Gasteiger partial charge in [0.25, 0.3) is 0 Å². The molecule has 3 nitrogen and oxygen atoms in total. The summed E-state index contributed by atoms with van der Waals surface area (Å²) in [7, 11) is 0.809. The van der Waals surface area contributed by atoms with Crippen LogP contribution in [0.15, 0.2) is 0 Å². The topological polar surface area (TPSA) is 35.5 Å². The Balaban J connectivity index is 3.74. The molecule has 54 valence electrons. The fourth-order valence-corrected chi connectivity index (χ4v) is 0.123. The van der Waals surface area contributed by atoms with Gasteiger partial charge in [-0.25, -0.2) is 4.79 Å². The highest BCUT2D eigenvalue weighted by atomic mass is 19.4. The Morgan fingerprint density at radius 3 is 2.00 bits per heavy atom. The van der Waals surface area contributed by atoms with Crippen LogP contribution in [0, 0.1) is 0 Å². The van der Waals surface area contributed by atoms with Crippen molar-refractivity contribution in [2.75, 3.05) is 7.11 Å². The van der Waals surface area contributed by atoms with E-state index in [0.717, 1.165) is 7.11 Å². The molecular formula is C3H3F3O3. The minimum absolute atomic E-state index is 0.809. The minimum Gasteiger partial charge on any atom is -0.288 e. The fourth-order valence-electron chi connectivity index (χ4n) is 0.123. The Morgan fingerprint density at radius 1 is 1.44 bits per heavy atom. The molecule has 0 spiro atoms. The fraction of sp³-hybridized carbons (Fsp3) is 0.667. The Hall–Kier alpha value is -0.780. The van der Waals surface area contributed by atoms with E-state index in [-0.39, 0.29) is 0 Å². The highest BCUT2D eigenvalue weighted by Gasteiger charge is 2.41. The van der Waals surface area contributed by atoms with Crippen molar-refractivity contribution < 1.29 is 27.7 Å². The van der Waals surface area contributed by atoms with Crippen molar-refractivity contribution >= 4 is 5.97 Å². The number of hydrogen-bond acceptors (Lipinski definition) is 3. The van der Waals surface area contributed by atoms with E-state index in [9.17, 15) is 18.0 Å². The largest absolute Gasteiger partial charge is 0.494 e. The number of carbonyl (C=O) groups is 1. The third-order valence-electron chi connectivity index (χ3n) is 0.390. The van der Waals surface area contributed by atoms with Crippen LogP contribution in [-0.4, -0.2) is 19.3 Å². The van der Waals surface area contributed by atoms with Gasteiger partial charge in [-0.3, -0.25) is 4.89 Å². The van der Waals surface area contributed by atoms with Crippen molar-refractivity contribution in [3.8, 4) is 0 Å². The molecule has 0 fully saturated rings. The summed E-state index contributed by atoms with van der Waals surface area (Å²) in [6.07, 6.45) is -4.98. The van der Waals surface area contributed by atoms with Gasteiger partial charge >= 0.3 is 12.1 Å². The molecule has 0 aliphatic heterocycles. The predicted molar refractivity (Wildman–Crippen MR) is 19.2 cm³/mol. The zero-order valence-corrected chi connectivity index (χ0v) is 4.36. The van der Waals surface area contributed by atoms with Gasteiger partial charge in [0, 0.05) is 0 Å². The van der Waals surface area contributed by atoms with Crippen molar-refractivity contribution in [3.05, 3.63) is 0 Å². The zero-order chi connectivity index (χ0) is 7.49. The molecule has 0 aromatic heterocycles. The van der Waals surface area contributed by atoms with E-state index in [0.29, 0.717) is 0 Å².